The zero-order valence-electron chi connectivity index (χ0n) is 11.7. The summed E-state index contributed by atoms with van der Waals surface area (Å²) < 4.78 is 18.1. The standard InChI is InChI=1S/C16H21FO3/c1-13(4-2-3-11-18)5-8-15(19)12-20-16-9-6-14(17)7-10-16/h6-7,9-10,13,15,18-19H,3,5,8,11-12H2,1H3/t13?,15-/m0/s1. The van der Waals surface area contributed by atoms with E-state index in [9.17, 15) is 9.50 Å². The molecule has 1 aromatic rings. The Balaban J connectivity index is 2.22. The molecule has 0 radical (unpaired) electrons. The van der Waals surface area contributed by atoms with Crippen LogP contribution in [0.25, 0.3) is 0 Å². The third-order valence-electron chi connectivity index (χ3n) is 2.77. The van der Waals surface area contributed by atoms with E-state index >= 15 is 0 Å². The van der Waals surface area contributed by atoms with Gasteiger partial charge in [-0.15, -0.1) is 11.8 Å². The first-order valence-corrected chi connectivity index (χ1v) is 6.77. The van der Waals surface area contributed by atoms with Crippen molar-refractivity contribution in [1.29, 1.82) is 0 Å². The monoisotopic (exact) mass is 280 g/mol. The highest BCUT2D eigenvalue weighted by Crippen LogP contribution is 2.13. The van der Waals surface area contributed by atoms with Crippen molar-refractivity contribution >= 4 is 0 Å². The molecule has 110 valence electrons. The SMILES string of the molecule is CC(C#CCCO)CC[C@H](O)COc1ccc(F)cc1. The summed E-state index contributed by atoms with van der Waals surface area (Å²) in [4.78, 5) is 0. The van der Waals surface area contributed by atoms with Crippen LogP contribution in [0.5, 0.6) is 5.75 Å². The van der Waals surface area contributed by atoms with Gasteiger partial charge in [-0.25, -0.2) is 4.39 Å². The predicted molar refractivity (Wildman–Crippen MR) is 75.8 cm³/mol. The molecule has 0 aliphatic heterocycles. The van der Waals surface area contributed by atoms with Gasteiger partial charge in [0.1, 0.15) is 18.2 Å². The minimum Gasteiger partial charge on any atom is -0.491 e. The van der Waals surface area contributed by atoms with Crippen LogP contribution in [0, 0.1) is 23.6 Å². The van der Waals surface area contributed by atoms with Crippen LogP contribution in [0.2, 0.25) is 0 Å². The summed E-state index contributed by atoms with van der Waals surface area (Å²) >= 11 is 0. The van der Waals surface area contributed by atoms with Crippen LogP contribution in [0.4, 0.5) is 4.39 Å². The second-order valence-electron chi connectivity index (χ2n) is 4.69. The van der Waals surface area contributed by atoms with Crippen molar-refractivity contribution in [3.63, 3.8) is 0 Å². The molecule has 3 nitrogen and oxygen atoms in total. The minimum atomic E-state index is -0.567. The molecule has 1 aromatic carbocycles. The maximum atomic E-state index is 12.7. The summed E-state index contributed by atoms with van der Waals surface area (Å²) in [6.07, 6.45) is 1.28. The molecule has 20 heavy (non-hydrogen) atoms. The van der Waals surface area contributed by atoms with Crippen LogP contribution in [0.3, 0.4) is 0 Å². The largest absolute Gasteiger partial charge is 0.491 e. The smallest absolute Gasteiger partial charge is 0.123 e. The molecule has 0 aliphatic carbocycles. The second kappa shape index (κ2) is 9.35. The zero-order valence-corrected chi connectivity index (χ0v) is 11.7. The molecule has 0 heterocycles. The van der Waals surface area contributed by atoms with E-state index in [4.69, 9.17) is 9.84 Å². The van der Waals surface area contributed by atoms with Gasteiger partial charge in [0.05, 0.1) is 12.7 Å². The van der Waals surface area contributed by atoms with Crippen molar-refractivity contribution in [2.45, 2.75) is 32.3 Å². The number of benzene rings is 1. The van der Waals surface area contributed by atoms with Gasteiger partial charge >= 0.3 is 0 Å². The molecule has 0 fully saturated rings. The van der Waals surface area contributed by atoms with Crippen molar-refractivity contribution in [1.82, 2.24) is 0 Å². The summed E-state index contributed by atoms with van der Waals surface area (Å²) in [5.41, 5.74) is 0. The molecular weight excluding hydrogens is 259 g/mol. The van der Waals surface area contributed by atoms with Crippen LogP contribution in [-0.2, 0) is 0 Å². The molecule has 0 amide bonds. The Morgan fingerprint density at radius 1 is 1.25 bits per heavy atom. The Morgan fingerprint density at radius 2 is 1.95 bits per heavy atom. The van der Waals surface area contributed by atoms with E-state index in [2.05, 4.69) is 11.8 Å². The van der Waals surface area contributed by atoms with Crippen molar-refractivity contribution < 1.29 is 19.3 Å². The third kappa shape index (κ3) is 7.13. The van der Waals surface area contributed by atoms with Gasteiger partial charge in [0.2, 0.25) is 0 Å². The fraction of sp³-hybridized carbons (Fsp3) is 0.500. The average molecular weight is 280 g/mol. The molecule has 1 rings (SSSR count). The van der Waals surface area contributed by atoms with E-state index in [1.807, 2.05) is 6.92 Å². The highest BCUT2D eigenvalue weighted by atomic mass is 19.1. The first kappa shape index (κ1) is 16.5. The predicted octanol–water partition coefficient (Wildman–Crippen LogP) is 2.37. The van der Waals surface area contributed by atoms with E-state index in [-0.39, 0.29) is 24.9 Å². The Bertz CT molecular complexity index is 433. The van der Waals surface area contributed by atoms with Gasteiger partial charge < -0.3 is 14.9 Å². The second-order valence-corrected chi connectivity index (χ2v) is 4.69. The van der Waals surface area contributed by atoms with Crippen molar-refractivity contribution in [3.8, 4) is 17.6 Å². The Kier molecular flexibility index (Phi) is 7.71. The number of hydrogen-bond donors (Lipinski definition) is 2. The summed E-state index contributed by atoms with van der Waals surface area (Å²) in [7, 11) is 0. The number of rotatable bonds is 7. The molecule has 0 saturated heterocycles. The van der Waals surface area contributed by atoms with Crippen LogP contribution in [0.15, 0.2) is 24.3 Å². The lowest BCUT2D eigenvalue weighted by Gasteiger charge is -2.13. The van der Waals surface area contributed by atoms with Crippen LogP contribution in [0.1, 0.15) is 26.2 Å². The normalized spacial score (nSPS) is 13.2. The lowest BCUT2D eigenvalue weighted by molar-refractivity contribution is 0.0961. The Hall–Kier alpha value is -1.57. The minimum absolute atomic E-state index is 0.0772. The number of aliphatic hydroxyl groups is 2. The fourth-order valence-corrected chi connectivity index (χ4v) is 1.62. The number of halogens is 1. The third-order valence-corrected chi connectivity index (χ3v) is 2.77. The van der Waals surface area contributed by atoms with E-state index in [1.165, 1.54) is 24.3 Å². The molecule has 0 aromatic heterocycles. The molecule has 0 bridgehead atoms. The Morgan fingerprint density at radius 3 is 2.60 bits per heavy atom. The number of ether oxygens (including phenoxy) is 1. The molecular formula is C16H21FO3. The lowest BCUT2D eigenvalue weighted by Crippen LogP contribution is -2.18. The summed E-state index contributed by atoms with van der Waals surface area (Å²) in [5, 5.41) is 18.4. The highest BCUT2D eigenvalue weighted by molar-refractivity contribution is 5.22. The molecule has 0 saturated carbocycles. The van der Waals surface area contributed by atoms with Gasteiger partial charge in [-0.05, 0) is 37.1 Å². The average Bonchev–Trinajstić information content (AvgIpc) is 2.45. The van der Waals surface area contributed by atoms with Crippen molar-refractivity contribution in [2.75, 3.05) is 13.2 Å². The van der Waals surface area contributed by atoms with Crippen LogP contribution >= 0.6 is 0 Å². The van der Waals surface area contributed by atoms with Crippen LogP contribution in [-0.4, -0.2) is 29.5 Å². The van der Waals surface area contributed by atoms with E-state index in [0.29, 0.717) is 18.6 Å². The fourth-order valence-electron chi connectivity index (χ4n) is 1.62. The number of hydrogen-bond acceptors (Lipinski definition) is 3. The van der Waals surface area contributed by atoms with Crippen molar-refractivity contribution in [2.24, 2.45) is 5.92 Å². The van der Waals surface area contributed by atoms with E-state index in [0.717, 1.165) is 6.42 Å². The maximum Gasteiger partial charge on any atom is 0.123 e. The van der Waals surface area contributed by atoms with Gasteiger partial charge in [0.25, 0.3) is 0 Å². The van der Waals surface area contributed by atoms with E-state index < -0.39 is 6.10 Å². The first-order valence-electron chi connectivity index (χ1n) is 6.77. The molecule has 4 heteroatoms. The first-order chi connectivity index (χ1) is 9.61. The van der Waals surface area contributed by atoms with Gasteiger partial charge in [-0.3, -0.25) is 0 Å². The van der Waals surface area contributed by atoms with Crippen LogP contribution < -0.4 is 4.74 Å². The lowest BCUT2D eigenvalue weighted by atomic mass is 10.0. The maximum absolute atomic E-state index is 12.7. The van der Waals surface area contributed by atoms with E-state index in [1.54, 1.807) is 0 Å². The molecule has 0 spiro atoms. The molecule has 0 aliphatic rings. The molecule has 2 atom stereocenters. The highest BCUT2D eigenvalue weighted by Gasteiger charge is 2.07. The van der Waals surface area contributed by atoms with Gasteiger partial charge in [-0.2, -0.15) is 0 Å². The summed E-state index contributed by atoms with van der Waals surface area (Å²) in [6.45, 7) is 2.24. The summed E-state index contributed by atoms with van der Waals surface area (Å²) in [5.74, 6) is 6.30. The summed E-state index contributed by atoms with van der Waals surface area (Å²) in [6, 6.07) is 5.71. The van der Waals surface area contributed by atoms with Gasteiger partial charge in [-0.1, -0.05) is 6.92 Å². The van der Waals surface area contributed by atoms with Gasteiger partial charge in [0.15, 0.2) is 0 Å². The molecule has 1 unspecified atom stereocenters. The number of aliphatic hydroxyl groups excluding tert-OH is 2. The quantitative estimate of drug-likeness (QED) is 0.754. The topological polar surface area (TPSA) is 49.7 Å². The molecule has 2 N–H and O–H groups in total. The zero-order chi connectivity index (χ0) is 14.8. The van der Waals surface area contributed by atoms with Crippen molar-refractivity contribution in [3.05, 3.63) is 30.1 Å². The Labute approximate surface area is 119 Å². The van der Waals surface area contributed by atoms with Gasteiger partial charge in [0, 0.05) is 12.3 Å².